The Hall–Kier alpha value is -1.35. The second-order valence-electron chi connectivity index (χ2n) is 8.17. The molecule has 1 unspecified atom stereocenters. The standard InChI is InChI=1S/C23H38N2O/c1-3-4-5-6-7-8-9-10-11-12-19-25(2)20-13-14-23(25)24-21-15-17-22(26)18-16-21/h15-18H,3-14,19-20H2,1-2H3/p+1. The number of hydrogen-bond acceptors (Lipinski definition) is 2. The number of amidine groups is 1. The molecule has 26 heavy (non-hydrogen) atoms. The fourth-order valence-electron chi connectivity index (χ4n) is 4.03. The van der Waals surface area contributed by atoms with Crippen LogP contribution in [0.2, 0.25) is 0 Å². The van der Waals surface area contributed by atoms with E-state index in [1.54, 1.807) is 12.1 Å². The molecule has 146 valence electrons. The number of likely N-dealkylation sites (tertiary alicyclic amines) is 1. The summed E-state index contributed by atoms with van der Waals surface area (Å²) in [6, 6.07) is 7.26. The number of nitrogens with zero attached hydrogens (tertiary/aromatic N) is 2. The lowest BCUT2D eigenvalue weighted by molar-refractivity contribution is -0.814. The molecule has 1 atom stereocenters. The topological polar surface area (TPSA) is 32.6 Å². The highest BCUT2D eigenvalue weighted by Crippen LogP contribution is 2.26. The number of phenols is 1. The maximum atomic E-state index is 9.43. The summed E-state index contributed by atoms with van der Waals surface area (Å²) in [5, 5.41) is 9.43. The van der Waals surface area contributed by atoms with Gasteiger partial charge in [-0.15, -0.1) is 0 Å². The summed E-state index contributed by atoms with van der Waals surface area (Å²) in [6.45, 7) is 4.71. The van der Waals surface area contributed by atoms with Gasteiger partial charge in [-0.05, 0) is 37.1 Å². The highest BCUT2D eigenvalue weighted by molar-refractivity contribution is 5.80. The van der Waals surface area contributed by atoms with Gasteiger partial charge in [0.2, 0.25) is 5.84 Å². The average Bonchev–Trinajstić information content (AvgIpc) is 2.99. The van der Waals surface area contributed by atoms with Crippen molar-refractivity contribution in [3.63, 3.8) is 0 Å². The van der Waals surface area contributed by atoms with Gasteiger partial charge < -0.3 is 5.11 Å². The molecule has 2 rings (SSSR count). The molecule has 1 aromatic rings. The Kier molecular flexibility index (Phi) is 9.17. The lowest BCUT2D eigenvalue weighted by Crippen LogP contribution is -2.45. The molecular formula is C23H39N2O+. The first kappa shape index (κ1) is 21.0. The third-order valence-corrected chi connectivity index (χ3v) is 5.79. The number of quaternary nitrogens is 1. The largest absolute Gasteiger partial charge is 0.508 e. The van der Waals surface area contributed by atoms with E-state index in [2.05, 4.69) is 14.0 Å². The van der Waals surface area contributed by atoms with Crippen molar-refractivity contribution in [2.45, 2.75) is 84.0 Å². The summed E-state index contributed by atoms with van der Waals surface area (Å²) in [4.78, 5) is 4.89. The fourth-order valence-corrected chi connectivity index (χ4v) is 4.03. The van der Waals surface area contributed by atoms with Crippen LogP contribution in [0, 0.1) is 0 Å². The number of unbranched alkanes of at least 4 members (excludes halogenated alkanes) is 9. The molecule has 1 aliphatic heterocycles. The summed E-state index contributed by atoms with van der Waals surface area (Å²) >= 11 is 0. The first-order chi connectivity index (χ1) is 12.6. The van der Waals surface area contributed by atoms with Crippen LogP contribution < -0.4 is 0 Å². The van der Waals surface area contributed by atoms with Crippen molar-refractivity contribution >= 4 is 11.5 Å². The minimum atomic E-state index is 0.308. The molecule has 1 heterocycles. The summed E-state index contributed by atoms with van der Waals surface area (Å²) in [6.07, 6.45) is 16.3. The van der Waals surface area contributed by atoms with Gasteiger partial charge in [-0.2, -0.15) is 0 Å². The molecule has 0 saturated carbocycles. The zero-order chi connectivity index (χ0) is 18.7. The van der Waals surface area contributed by atoms with Crippen LogP contribution in [0.25, 0.3) is 0 Å². The van der Waals surface area contributed by atoms with Crippen LogP contribution in [0.3, 0.4) is 0 Å². The predicted octanol–water partition coefficient (Wildman–Crippen LogP) is 6.58. The summed E-state index contributed by atoms with van der Waals surface area (Å²) < 4.78 is 1.01. The summed E-state index contributed by atoms with van der Waals surface area (Å²) in [7, 11) is 2.35. The smallest absolute Gasteiger partial charge is 0.203 e. The summed E-state index contributed by atoms with van der Waals surface area (Å²) in [5.41, 5.74) is 0.965. The highest BCUT2D eigenvalue weighted by Gasteiger charge is 2.34. The van der Waals surface area contributed by atoms with Crippen LogP contribution in [0.5, 0.6) is 5.75 Å². The minimum absolute atomic E-state index is 0.308. The molecule has 1 aliphatic rings. The Labute approximate surface area is 160 Å². The van der Waals surface area contributed by atoms with Crippen LogP contribution in [-0.4, -0.2) is 35.6 Å². The van der Waals surface area contributed by atoms with Crippen LogP contribution >= 0.6 is 0 Å². The molecule has 0 aliphatic carbocycles. The van der Waals surface area contributed by atoms with Crippen molar-refractivity contribution in [3.8, 4) is 5.75 Å². The third-order valence-electron chi connectivity index (χ3n) is 5.79. The lowest BCUT2D eigenvalue weighted by Gasteiger charge is -2.29. The van der Waals surface area contributed by atoms with E-state index in [-0.39, 0.29) is 0 Å². The van der Waals surface area contributed by atoms with E-state index in [0.717, 1.165) is 16.6 Å². The Morgan fingerprint density at radius 1 is 0.885 bits per heavy atom. The number of aliphatic imine (C=N–C) groups is 1. The number of phenolic OH excluding ortho intramolecular Hbond substituents is 1. The molecule has 3 nitrogen and oxygen atoms in total. The van der Waals surface area contributed by atoms with Gasteiger partial charge in [-0.25, -0.2) is 4.99 Å². The zero-order valence-corrected chi connectivity index (χ0v) is 17.1. The highest BCUT2D eigenvalue weighted by atomic mass is 16.3. The molecule has 0 aromatic heterocycles. The molecular weight excluding hydrogens is 320 g/mol. The number of rotatable bonds is 12. The van der Waals surface area contributed by atoms with Crippen molar-refractivity contribution in [1.82, 2.24) is 0 Å². The Morgan fingerprint density at radius 3 is 2.08 bits per heavy atom. The molecule has 1 aromatic carbocycles. The Bertz CT molecular complexity index is 538. The van der Waals surface area contributed by atoms with Crippen LogP contribution in [-0.2, 0) is 0 Å². The zero-order valence-electron chi connectivity index (χ0n) is 17.1. The van der Waals surface area contributed by atoms with Crippen molar-refractivity contribution in [2.75, 3.05) is 20.1 Å². The van der Waals surface area contributed by atoms with Gasteiger partial charge in [0.1, 0.15) is 5.75 Å². The van der Waals surface area contributed by atoms with E-state index < -0.39 is 0 Å². The molecule has 0 spiro atoms. The Morgan fingerprint density at radius 2 is 1.46 bits per heavy atom. The quantitative estimate of drug-likeness (QED) is 0.331. The second-order valence-corrected chi connectivity index (χ2v) is 8.17. The van der Waals surface area contributed by atoms with E-state index >= 15 is 0 Å². The van der Waals surface area contributed by atoms with Gasteiger partial charge in [0.25, 0.3) is 0 Å². The lowest BCUT2D eigenvalue weighted by atomic mass is 10.1. The van der Waals surface area contributed by atoms with Crippen molar-refractivity contribution in [3.05, 3.63) is 24.3 Å². The van der Waals surface area contributed by atoms with E-state index in [1.165, 1.54) is 89.6 Å². The number of benzene rings is 1. The van der Waals surface area contributed by atoms with Crippen molar-refractivity contribution in [1.29, 1.82) is 0 Å². The minimum Gasteiger partial charge on any atom is -0.508 e. The molecule has 0 amide bonds. The van der Waals surface area contributed by atoms with Crippen LogP contribution in [0.1, 0.15) is 84.0 Å². The first-order valence-corrected chi connectivity index (χ1v) is 10.9. The monoisotopic (exact) mass is 359 g/mol. The summed E-state index contributed by atoms with van der Waals surface area (Å²) in [5.74, 6) is 1.62. The van der Waals surface area contributed by atoms with Crippen LogP contribution in [0.15, 0.2) is 29.3 Å². The fraction of sp³-hybridized carbons (Fsp3) is 0.696. The first-order valence-electron chi connectivity index (χ1n) is 10.9. The molecule has 0 radical (unpaired) electrons. The van der Waals surface area contributed by atoms with Gasteiger partial charge in [-0.1, -0.05) is 58.3 Å². The molecule has 1 saturated heterocycles. The number of aromatic hydroxyl groups is 1. The maximum absolute atomic E-state index is 9.43. The van der Waals surface area contributed by atoms with E-state index in [1.807, 2.05) is 12.1 Å². The normalized spacial score (nSPS) is 21.5. The van der Waals surface area contributed by atoms with Gasteiger partial charge in [0.05, 0.1) is 25.8 Å². The van der Waals surface area contributed by atoms with Gasteiger partial charge in [0.15, 0.2) is 0 Å². The average molecular weight is 360 g/mol. The molecule has 1 N–H and O–H groups in total. The third kappa shape index (κ3) is 7.11. The Balaban J connectivity index is 1.66. The molecule has 1 fully saturated rings. The SMILES string of the molecule is CCCCCCCCCCCC[N+]1(C)CCCC1=Nc1ccc(O)cc1. The predicted molar refractivity (Wildman–Crippen MR) is 112 cm³/mol. The molecule has 0 bridgehead atoms. The van der Waals surface area contributed by atoms with Crippen LogP contribution in [0.4, 0.5) is 5.69 Å². The molecule has 3 heteroatoms. The second kappa shape index (κ2) is 11.4. The van der Waals surface area contributed by atoms with Gasteiger partial charge in [-0.3, -0.25) is 4.48 Å². The van der Waals surface area contributed by atoms with E-state index in [0.29, 0.717) is 5.75 Å². The van der Waals surface area contributed by atoms with Crippen molar-refractivity contribution in [2.24, 2.45) is 4.99 Å². The van der Waals surface area contributed by atoms with E-state index in [9.17, 15) is 5.11 Å². The van der Waals surface area contributed by atoms with Gasteiger partial charge >= 0.3 is 0 Å². The number of hydrogen-bond donors (Lipinski definition) is 1. The maximum Gasteiger partial charge on any atom is 0.203 e. The van der Waals surface area contributed by atoms with E-state index in [4.69, 9.17) is 4.99 Å². The van der Waals surface area contributed by atoms with Crippen molar-refractivity contribution < 1.29 is 9.59 Å². The van der Waals surface area contributed by atoms with Gasteiger partial charge in [0, 0.05) is 12.8 Å².